The first-order valence-corrected chi connectivity index (χ1v) is 12.3. The van der Waals surface area contributed by atoms with Gasteiger partial charge in [-0.05, 0) is 56.0 Å². The molecule has 1 N–H and O–H groups in total. The maximum atomic E-state index is 13.2. The van der Waals surface area contributed by atoms with Gasteiger partial charge in [0, 0.05) is 19.5 Å². The quantitative estimate of drug-likeness (QED) is 0.339. The fourth-order valence-corrected chi connectivity index (χ4v) is 3.77. The molecule has 0 aromatic heterocycles. The molecule has 2 amide bonds. The van der Waals surface area contributed by atoms with Crippen LogP contribution < -0.4 is 10.1 Å². The molecule has 2 rings (SSSR count). The van der Waals surface area contributed by atoms with Crippen molar-refractivity contribution < 1.29 is 14.3 Å². The topological polar surface area (TPSA) is 58.6 Å². The number of hydrogen-bond donors (Lipinski definition) is 1. The van der Waals surface area contributed by atoms with Crippen LogP contribution in [0.4, 0.5) is 0 Å². The maximum Gasteiger partial charge on any atom is 0.242 e. The lowest BCUT2D eigenvalue weighted by molar-refractivity contribution is -0.141. The molecule has 2 aromatic carbocycles. The van der Waals surface area contributed by atoms with Crippen molar-refractivity contribution in [1.82, 2.24) is 10.2 Å². The van der Waals surface area contributed by atoms with Crippen LogP contribution in [0.1, 0.15) is 57.1 Å². The highest BCUT2D eigenvalue weighted by atomic mass is 35.5. The second-order valence-corrected chi connectivity index (χ2v) is 8.92. The summed E-state index contributed by atoms with van der Waals surface area (Å²) >= 11 is 12.2. The molecule has 5 nitrogen and oxygen atoms in total. The van der Waals surface area contributed by atoms with Gasteiger partial charge in [-0.25, -0.2) is 0 Å². The fraction of sp³-hybridized carbons (Fsp3) is 0.462. The van der Waals surface area contributed by atoms with E-state index in [1.54, 1.807) is 17.0 Å². The van der Waals surface area contributed by atoms with E-state index >= 15 is 0 Å². The maximum absolute atomic E-state index is 13.2. The van der Waals surface area contributed by atoms with Crippen LogP contribution in [-0.2, 0) is 16.1 Å². The summed E-state index contributed by atoms with van der Waals surface area (Å²) in [4.78, 5) is 27.7. The van der Waals surface area contributed by atoms with E-state index in [-0.39, 0.29) is 24.8 Å². The molecule has 0 aliphatic heterocycles. The number of rotatable bonds is 13. The van der Waals surface area contributed by atoms with Gasteiger partial charge in [-0.2, -0.15) is 0 Å². The summed E-state index contributed by atoms with van der Waals surface area (Å²) in [7, 11) is 0. The molecule has 1 atom stereocenters. The van der Waals surface area contributed by atoms with E-state index in [9.17, 15) is 9.59 Å². The lowest BCUT2D eigenvalue weighted by atomic mass is 10.1. The average Bonchev–Trinajstić information content (AvgIpc) is 2.80. The number of aryl methyl sites for hydroxylation is 1. The molecule has 0 bridgehead atoms. The second-order valence-electron chi connectivity index (χ2n) is 8.10. The van der Waals surface area contributed by atoms with Gasteiger partial charge in [0.2, 0.25) is 11.8 Å². The number of nitrogens with one attached hydrogen (secondary N) is 1. The fourth-order valence-electron chi connectivity index (χ4n) is 3.45. The summed E-state index contributed by atoms with van der Waals surface area (Å²) in [6, 6.07) is 12.5. The Kier molecular flexibility index (Phi) is 11.6. The first-order valence-electron chi connectivity index (χ1n) is 11.6. The summed E-state index contributed by atoms with van der Waals surface area (Å²) in [6.07, 6.45) is 3.25. The van der Waals surface area contributed by atoms with Gasteiger partial charge in [-0.3, -0.25) is 9.59 Å². The number of hydrogen-bond acceptors (Lipinski definition) is 3. The standard InChI is InChI=1S/C26H34Cl2N2O3/c1-4-6-15-29-26(32)24(5-2)30(18-20-11-14-22(27)23(28)17-20)25(31)8-7-16-33-21-12-9-19(3)10-13-21/h9-14,17,24H,4-8,15-16,18H2,1-3H3,(H,29,32)/t24-/m1/s1. The SMILES string of the molecule is CCCCNC(=O)[C@@H](CC)N(Cc1ccc(Cl)c(Cl)c1)C(=O)CCCOc1ccc(C)cc1. The summed E-state index contributed by atoms with van der Waals surface area (Å²) in [5.41, 5.74) is 1.99. The van der Waals surface area contributed by atoms with Gasteiger partial charge in [0.05, 0.1) is 16.7 Å². The molecule has 180 valence electrons. The van der Waals surface area contributed by atoms with Crippen molar-refractivity contribution in [1.29, 1.82) is 0 Å². The Morgan fingerprint density at radius 2 is 1.76 bits per heavy atom. The Labute approximate surface area is 207 Å². The van der Waals surface area contributed by atoms with Crippen LogP contribution in [0, 0.1) is 6.92 Å². The average molecular weight is 493 g/mol. The highest BCUT2D eigenvalue weighted by Crippen LogP contribution is 2.24. The summed E-state index contributed by atoms with van der Waals surface area (Å²) < 4.78 is 5.76. The van der Waals surface area contributed by atoms with Crippen LogP contribution in [0.15, 0.2) is 42.5 Å². The molecular weight excluding hydrogens is 459 g/mol. The zero-order chi connectivity index (χ0) is 24.2. The molecule has 2 aromatic rings. The van der Waals surface area contributed by atoms with Crippen molar-refractivity contribution in [3.8, 4) is 5.75 Å². The van der Waals surface area contributed by atoms with E-state index in [0.29, 0.717) is 36.0 Å². The Balaban J connectivity index is 2.06. The Morgan fingerprint density at radius 1 is 1.03 bits per heavy atom. The van der Waals surface area contributed by atoms with Crippen molar-refractivity contribution in [2.45, 2.75) is 65.5 Å². The van der Waals surface area contributed by atoms with Gasteiger partial charge in [0.15, 0.2) is 0 Å². The normalized spacial score (nSPS) is 11.7. The van der Waals surface area contributed by atoms with Crippen molar-refractivity contribution in [2.75, 3.05) is 13.2 Å². The molecule has 0 spiro atoms. The smallest absolute Gasteiger partial charge is 0.242 e. The van der Waals surface area contributed by atoms with Gasteiger partial charge >= 0.3 is 0 Å². The minimum absolute atomic E-state index is 0.0916. The van der Waals surface area contributed by atoms with Crippen LogP contribution >= 0.6 is 23.2 Å². The molecule has 0 saturated heterocycles. The number of halogens is 2. The Bertz CT molecular complexity index is 903. The predicted molar refractivity (Wildman–Crippen MR) is 135 cm³/mol. The highest BCUT2D eigenvalue weighted by molar-refractivity contribution is 6.42. The second kappa shape index (κ2) is 14.1. The lowest BCUT2D eigenvalue weighted by Crippen LogP contribution is -2.49. The van der Waals surface area contributed by atoms with Gasteiger partial charge in [0.1, 0.15) is 11.8 Å². The minimum Gasteiger partial charge on any atom is -0.494 e. The highest BCUT2D eigenvalue weighted by Gasteiger charge is 2.28. The monoisotopic (exact) mass is 492 g/mol. The molecule has 33 heavy (non-hydrogen) atoms. The van der Waals surface area contributed by atoms with E-state index in [2.05, 4.69) is 12.2 Å². The number of carbonyl (C=O) groups is 2. The van der Waals surface area contributed by atoms with Gasteiger partial charge in [-0.15, -0.1) is 0 Å². The van der Waals surface area contributed by atoms with E-state index in [1.165, 1.54) is 5.56 Å². The molecular formula is C26H34Cl2N2O3. The van der Waals surface area contributed by atoms with Gasteiger partial charge < -0.3 is 15.0 Å². The van der Waals surface area contributed by atoms with Crippen molar-refractivity contribution in [3.05, 3.63) is 63.6 Å². The Morgan fingerprint density at radius 3 is 2.39 bits per heavy atom. The summed E-state index contributed by atoms with van der Waals surface area (Å²) in [5, 5.41) is 3.84. The molecule has 0 fully saturated rings. The van der Waals surface area contributed by atoms with E-state index in [4.69, 9.17) is 27.9 Å². The van der Waals surface area contributed by atoms with Crippen molar-refractivity contribution in [3.63, 3.8) is 0 Å². The largest absolute Gasteiger partial charge is 0.494 e. The van der Waals surface area contributed by atoms with Crippen LogP contribution in [0.3, 0.4) is 0 Å². The zero-order valence-electron chi connectivity index (χ0n) is 19.7. The number of unbranched alkanes of at least 4 members (excludes halogenated alkanes) is 1. The predicted octanol–water partition coefficient (Wildman–Crippen LogP) is 6.18. The van der Waals surface area contributed by atoms with Crippen molar-refractivity contribution >= 4 is 35.0 Å². The van der Waals surface area contributed by atoms with Gasteiger partial charge in [0.25, 0.3) is 0 Å². The van der Waals surface area contributed by atoms with Crippen LogP contribution in [-0.4, -0.2) is 35.9 Å². The lowest BCUT2D eigenvalue weighted by Gasteiger charge is -2.31. The number of nitrogens with zero attached hydrogens (tertiary/aromatic N) is 1. The minimum atomic E-state index is -0.554. The van der Waals surface area contributed by atoms with Crippen LogP contribution in [0.5, 0.6) is 5.75 Å². The van der Waals surface area contributed by atoms with Gasteiger partial charge in [-0.1, -0.05) is 67.2 Å². The van der Waals surface area contributed by atoms with Crippen molar-refractivity contribution in [2.24, 2.45) is 0 Å². The molecule has 0 unspecified atom stereocenters. The van der Waals surface area contributed by atoms with E-state index < -0.39 is 6.04 Å². The first-order chi connectivity index (χ1) is 15.8. The molecule has 0 heterocycles. The number of carbonyl (C=O) groups excluding carboxylic acids is 2. The number of amides is 2. The third kappa shape index (κ3) is 8.90. The molecule has 0 radical (unpaired) electrons. The third-order valence-corrected chi connectivity index (χ3v) is 6.12. The Hall–Kier alpha value is -2.24. The van der Waals surface area contributed by atoms with Crippen LogP contribution in [0.2, 0.25) is 10.0 Å². The molecule has 7 heteroatoms. The molecule has 0 aliphatic rings. The number of benzene rings is 2. The molecule has 0 saturated carbocycles. The summed E-state index contributed by atoms with van der Waals surface area (Å²) in [5.74, 6) is 0.559. The number of ether oxygens (including phenoxy) is 1. The summed E-state index contributed by atoms with van der Waals surface area (Å²) in [6.45, 7) is 7.32. The van der Waals surface area contributed by atoms with E-state index in [1.807, 2.05) is 44.2 Å². The van der Waals surface area contributed by atoms with Crippen LogP contribution in [0.25, 0.3) is 0 Å². The zero-order valence-corrected chi connectivity index (χ0v) is 21.2. The third-order valence-electron chi connectivity index (χ3n) is 5.38. The molecule has 0 aliphatic carbocycles. The first kappa shape index (κ1) is 27.0. The van der Waals surface area contributed by atoms with E-state index in [0.717, 1.165) is 24.2 Å².